The molecule has 2 heterocycles. The normalized spacial score (nSPS) is 28.8. The number of rotatable bonds is 7. The molecule has 0 spiro atoms. The molecule has 0 unspecified atom stereocenters. The van der Waals surface area contributed by atoms with Crippen LogP contribution in [0.4, 0.5) is 0 Å². The largest absolute Gasteiger partial charge is 0.404 e. The number of hydrogen-bond acceptors (Lipinski definition) is 5. The fourth-order valence-corrected chi connectivity index (χ4v) is 9.58. The van der Waals surface area contributed by atoms with Crippen molar-refractivity contribution >= 4 is 18.7 Å². The SMILES string of the molecule is COC[C@H]1O[C@H]2CO[C@]1(CO[Si](c1ccccc1)(c1ccccc1)C(C)(C)C)[C@H]2O. The summed E-state index contributed by atoms with van der Waals surface area (Å²) in [6.45, 7) is 7.71. The van der Waals surface area contributed by atoms with E-state index >= 15 is 0 Å². The summed E-state index contributed by atoms with van der Waals surface area (Å²) in [6.07, 6.45) is -1.40. The third-order valence-corrected chi connectivity index (χ3v) is 11.5. The Kier molecular flexibility index (Phi) is 5.92. The Morgan fingerprint density at radius 2 is 1.60 bits per heavy atom. The molecule has 0 aromatic heterocycles. The van der Waals surface area contributed by atoms with Crippen LogP contribution in [-0.4, -0.2) is 64.3 Å². The lowest BCUT2D eigenvalue weighted by molar-refractivity contribution is -0.178. The highest BCUT2D eigenvalue weighted by molar-refractivity contribution is 6.99. The van der Waals surface area contributed by atoms with Crippen molar-refractivity contribution in [1.29, 1.82) is 0 Å². The zero-order valence-electron chi connectivity index (χ0n) is 18.2. The van der Waals surface area contributed by atoms with E-state index in [4.69, 9.17) is 18.6 Å². The van der Waals surface area contributed by atoms with Gasteiger partial charge in [-0.05, 0) is 15.4 Å². The first-order valence-electron chi connectivity index (χ1n) is 10.6. The minimum Gasteiger partial charge on any atom is -0.404 e. The molecule has 2 fully saturated rings. The van der Waals surface area contributed by atoms with E-state index in [0.717, 1.165) is 0 Å². The Morgan fingerprint density at radius 3 is 2.07 bits per heavy atom. The van der Waals surface area contributed by atoms with E-state index in [2.05, 4.69) is 69.3 Å². The van der Waals surface area contributed by atoms with Gasteiger partial charge in [-0.3, -0.25) is 0 Å². The number of benzene rings is 2. The molecule has 5 nitrogen and oxygen atoms in total. The van der Waals surface area contributed by atoms with Crippen molar-refractivity contribution in [2.75, 3.05) is 26.9 Å². The van der Waals surface area contributed by atoms with E-state index in [0.29, 0.717) is 13.2 Å². The summed E-state index contributed by atoms with van der Waals surface area (Å²) < 4.78 is 24.5. The summed E-state index contributed by atoms with van der Waals surface area (Å²) in [6, 6.07) is 21.0. The maximum atomic E-state index is 10.9. The molecule has 2 aliphatic rings. The van der Waals surface area contributed by atoms with Gasteiger partial charge in [-0.1, -0.05) is 81.4 Å². The first kappa shape index (κ1) is 21.7. The molecule has 1 N–H and O–H groups in total. The molecule has 2 aromatic rings. The molecule has 0 amide bonds. The van der Waals surface area contributed by atoms with E-state index < -0.39 is 20.0 Å². The molecule has 2 saturated heterocycles. The Balaban J connectivity index is 1.78. The standard InChI is InChI=1S/C24H32O5Si/c1-23(2,3)30(18-11-7-5-8-12-18,19-13-9-6-10-14-19)28-17-24-21(16-26-4)29-20(15-27-24)22(24)25/h5-14,20-22,25H,15-17H2,1-4H3/t20-,21+,22-,24-/m0/s1. The van der Waals surface area contributed by atoms with Gasteiger partial charge < -0.3 is 23.7 Å². The third kappa shape index (κ3) is 3.36. The molecule has 0 saturated carbocycles. The molecular weight excluding hydrogens is 396 g/mol. The number of aliphatic hydroxyl groups excluding tert-OH is 1. The maximum absolute atomic E-state index is 10.9. The van der Waals surface area contributed by atoms with Crippen LogP contribution < -0.4 is 10.4 Å². The lowest BCUT2D eigenvalue weighted by Crippen LogP contribution is -2.68. The predicted molar refractivity (Wildman–Crippen MR) is 119 cm³/mol. The van der Waals surface area contributed by atoms with Crippen LogP contribution in [0.3, 0.4) is 0 Å². The molecule has 2 aliphatic heterocycles. The monoisotopic (exact) mass is 428 g/mol. The summed E-state index contributed by atoms with van der Waals surface area (Å²) in [5, 5.41) is 13.2. The highest BCUT2D eigenvalue weighted by Crippen LogP contribution is 2.44. The molecule has 4 rings (SSSR count). The lowest BCUT2D eigenvalue weighted by Gasteiger charge is -2.45. The van der Waals surface area contributed by atoms with Crippen LogP contribution in [0.5, 0.6) is 0 Å². The van der Waals surface area contributed by atoms with Crippen molar-refractivity contribution in [1.82, 2.24) is 0 Å². The minimum atomic E-state index is -2.73. The van der Waals surface area contributed by atoms with Crippen molar-refractivity contribution in [3.8, 4) is 0 Å². The molecule has 0 radical (unpaired) electrons. The summed E-state index contributed by atoms with van der Waals surface area (Å²) in [4.78, 5) is 0. The van der Waals surface area contributed by atoms with Gasteiger partial charge in [0.25, 0.3) is 8.32 Å². The van der Waals surface area contributed by atoms with Crippen LogP contribution in [0.15, 0.2) is 60.7 Å². The molecule has 2 bridgehead atoms. The number of fused-ring (bicyclic) bond motifs is 2. The molecule has 4 atom stereocenters. The Hall–Kier alpha value is -1.54. The van der Waals surface area contributed by atoms with E-state index in [1.54, 1.807) is 7.11 Å². The molecule has 0 aliphatic carbocycles. The van der Waals surface area contributed by atoms with Crippen molar-refractivity contribution < 1.29 is 23.7 Å². The van der Waals surface area contributed by atoms with Crippen LogP contribution >= 0.6 is 0 Å². The third-order valence-electron chi connectivity index (χ3n) is 6.50. The summed E-state index contributed by atoms with van der Waals surface area (Å²) in [5.74, 6) is 0. The van der Waals surface area contributed by atoms with E-state index in [1.165, 1.54) is 10.4 Å². The van der Waals surface area contributed by atoms with Gasteiger partial charge in [0, 0.05) is 7.11 Å². The topological polar surface area (TPSA) is 57.2 Å². The Morgan fingerprint density at radius 1 is 1.03 bits per heavy atom. The second-order valence-corrected chi connectivity index (χ2v) is 13.6. The van der Waals surface area contributed by atoms with Crippen molar-refractivity contribution in [2.24, 2.45) is 0 Å². The second kappa shape index (κ2) is 8.18. The highest BCUT2D eigenvalue weighted by atomic mass is 28.4. The van der Waals surface area contributed by atoms with Gasteiger partial charge in [-0.25, -0.2) is 0 Å². The Labute approximate surface area is 180 Å². The molecule has 30 heavy (non-hydrogen) atoms. The zero-order chi connectivity index (χ0) is 21.4. The number of methoxy groups -OCH3 is 1. The number of ether oxygens (including phenoxy) is 3. The first-order chi connectivity index (χ1) is 14.3. The average molecular weight is 429 g/mol. The van der Waals surface area contributed by atoms with Crippen molar-refractivity contribution in [2.45, 2.75) is 49.7 Å². The Bertz CT molecular complexity index is 798. The second-order valence-electron chi connectivity index (χ2n) is 9.28. The number of hydrogen-bond donors (Lipinski definition) is 1. The van der Waals surface area contributed by atoms with Gasteiger partial charge in [0.2, 0.25) is 0 Å². The highest BCUT2D eigenvalue weighted by Gasteiger charge is 2.64. The van der Waals surface area contributed by atoms with Crippen LogP contribution in [-0.2, 0) is 18.6 Å². The van der Waals surface area contributed by atoms with E-state index in [9.17, 15) is 5.11 Å². The predicted octanol–water partition coefficient (Wildman–Crippen LogP) is 2.11. The van der Waals surface area contributed by atoms with Crippen LogP contribution in [0, 0.1) is 0 Å². The summed E-state index contributed by atoms with van der Waals surface area (Å²) in [5.41, 5.74) is -0.909. The number of aliphatic hydroxyl groups is 1. The molecule has 6 heteroatoms. The van der Waals surface area contributed by atoms with Crippen molar-refractivity contribution in [3.05, 3.63) is 60.7 Å². The smallest absolute Gasteiger partial charge is 0.261 e. The zero-order valence-corrected chi connectivity index (χ0v) is 19.2. The van der Waals surface area contributed by atoms with Gasteiger partial charge in [0.05, 0.1) is 19.8 Å². The quantitative estimate of drug-likeness (QED) is 0.685. The molecule has 162 valence electrons. The van der Waals surface area contributed by atoms with Gasteiger partial charge in [0.1, 0.15) is 23.9 Å². The molecular formula is C24H32O5Si. The van der Waals surface area contributed by atoms with Gasteiger partial charge in [-0.2, -0.15) is 0 Å². The van der Waals surface area contributed by atoms with Gasteiger partial charge in [0.15, 0.2) is 0 Å². The van der Waals surface area contributed by atoms with Crippen LogP contribution in [0.25, 0.3) is 0 Å². The molecule has 2 aromatic carbocycles. The van der Waals surface area contributed by atoms with Crippen LogP contribution in [0.1, 0.15) is 20.8 Å². The van der Waals surface area contributed by atoms with Gasteiger partial charge >= 0.3 is 0 Å². The lowest BCUT2D eigenvalue weighted by atomic mass is 9.94. The van der Waals surface area contributed by atoms with Crippen LogP contribution in [0.2, 0.25) is 5.04 Å². The summed E-state index contributed by atoms with van der Waals surface area (Å²) in [7, 11) is -1.09. The average Bonchev–Trinajstić information content (AvgIpc) is 3.18. The minimum absolute atomic E-state index is 0.147. The fraction of sp³-hybridized carbons (Fsp3) is 0.500. The first-order valence-corrected chi connectivity index (χ1v) is 12.5. The van der Waals surface area contributed by atoms with E-state index in [-0.39, 0.29) is 23.9 Å². The maximum Gasteiger partial charge on any atom is 0.261 e. The summed E-state index contributed by atoms with van der Waals surface area (Å²) >= 11 is 0. The van der Waals surface area contributed by atoms with E-state index in [1.807, 2.05) is 12.1 Å². The van der Waals surface area contributed by atoms with Crippen molar-refractivity contribution in [3.63, 3.8) is 0 Å². The fourth-order valence-electron chi connectivity index (χ4n) is 4.99. The van der Waals surface area contributed by atoms with Gasteiger partial charge in [-0.15, -0.1) is 0 Å².